The number of aryl methyl sites for hydroxylation is 2. The van der Waals surface area contributed by atoms with Crippen molar-refractivity contribution in [3.05, 3.63) is 53.6 Å². The van der Waals surface area contributed by atoms with Crippen LogP contribution in [0.2, 0.25) is 0 Å². The number of hydrogen-bond donors (Lipinski definition) is 0. The highest BCUT2D eigenvalue weighted by Crippen LogP contribution is 2.34. The lowest BCUT2D eigenvalue weighted by Crippen LogP contribution is -2.28. The van der Waals surface area contributed by atoms with Crippen LogP contribution < -0.4 is 0 Å². The maximum Gasteiger partial charge on any atom is 0.253 e. The minimum atomic E-state index is -0.283. The Bertz CT molecular complexity index is 989. The van der Waals surface area contributed by atoms with E-state index in [2.05, 4.69) is 15.3 Å². The van der Waals surface area contributed by atoms with E-state index in [1.54, 1.807) is 6.26 Å². The molecule has 3 aromatic rings. The molecule has 1 atom stereocenters. The van der Waals surface area contributed by atoms with Crippen molar-refractivity contribution in [2.45, 2.75) is 31.5 Å². The maximum atomic E-state index is 12.9. The number of nitrogens with zero attached hydrogens (tertiary/aromatic N) is 5. The molecule has 0 unspecified atom stereocenters. The summed E-state index contributed by atoms with van der Waals surface area (Å²) in [7, 11) is 1.87. The molecule has 0 spiro atoms. The van der Waals surface area contributed by atoms with Crippen molar-refractivity contribution in [3.63, 3.8) is 0 Å². The van der Waals surface area contributed by atoms with E-state index in [-0.39, 0.29) is 17.7 Å². The van der Waals surface area contributed by atoms with Gasteiger partial charge in [0.15, 0.2) is 5.16 Å². The van der Waals surface area contributed by atoms with Gasteiger partial charge in [-0.1, -0.05) is 11.8 Å². The van der Waals surface area contributed by atoms with Crippen LogP contribution in [0.5, 0.6) is 0 Å². The molecule has 140 valence electrons. The lowest BCUT2D eigenvalue weighted by molar-refractivity contribution is -0.130. The van der Waals surface area contributed by atoms with Crippen molar-refractivity contribution in [1.29, 1.82) is 0 Å². The molecule has 0 aliphatic carbocycles. The van der Waals surface area contributed by atoms with Gasteiger partial charge in [0, 0.05) is 13.5 Å². The molecule has 1 aliphatic heterocycles. The maximum absolute atomic E-state index is 12.9. The third kappa shape index (κ3) is 3.42. The first-order valence-corrected chi connectivity index (χ1v) is 9.50. The molecule has 27 heavy (non-hydrogen) atoms. The van der Waals surface area contributed by atoms with Crippen molar-refractivity contribution in [1.82, 2.24) is 19.8 Å². The minimum absolute atomic E-state index is 0.125. The van der Waals surface area contributed by atoms with Crippen molar-refractivity contribution >= 4 is 23.4 Å². The van der Waals surface area contributed by atoms with E-state index < -0.39 is 0 Å². The predicted molar refractivity (Wildman–Crippen MR) is 99.4 cm³/mol. The van der Waals surface area contributed by atoms with Gasteiger partial charge in [0.05, 0.1) is 12.0 Å². The lowest BCUT2D eigenvalue weighted by atomic mass is 10.1. The molecule has 0 fully saturated rings. The summed E-state index contributed by atoms with van der Waals surface area (Å²) in [4.78, 5) is 12.9. The Labute approximate surface area is 160 Å². The molecular formula is C18H19N5O3S. The Balaban J connectivity index is 1.55. The van der Waals surface area contributed by atoms with Crippen molar-refractivity contribution < 1.29 is 13.6 Å². The molecule has 0 bridgehead atoms. The number of hydrazone groups is 1. The summed E-state index contributed by atoms with van der Waals surface area (Å²) in [6.45, 7) is 3.75. The van der Waals surface area contributed by atoms with E-state index in [0.29, 0.717) is 23.1 Å². The van der Waals surface area contributed by atoms with Gasteiger partial charge in [-0.3, -0.25) is 4.79 Å². The highest BCUT2D eigenvalue weighted by atomic mass is 32.2. The standard InChI is InChI=1S/C18H19N5O3S/c1-11-6-7-15(26-11)13-9-14(16-5-4-8-25-16)23(21-13)17(24)10-27-18-20-19-12(2)22(18)3/h4-8,14H,9-10H2,1-3H3/t14-/m0/s1. The van der Waals surface area contributed by atoms with E-state index in [1.165, 1.54) is 16.8 Å². The number of furan rings is 2. The zero-order valence-electron chi connectivity index (χ0n) is 15.2. The zero-order chi connectivity index (χ0) is 19.0. The van der Waals surface area contributed by atoms with Crippen LogP contribution in [0.15, 0.2) is 49.6 Å². The molecular weight excluding hydrogens is 366 g/mol. The van der Waals surface area contributed by atoms with Crippen molar-refractivity contribution in [2.75, 3.05) is 5.75 Å². The fourth-order valence-corrected chi connectivity index (χ4v) is 3.70. The lowest BCUT2D eigenvalue weighted by Gasteiger charge is -2.19. The Morgan fingerprint density at radius 3 is 2.78 bits per heavy atom. The van der Waals surface area contributed by atoms with Gasteiger partial charge in [-0.2, -0.15) is 5.10 Å². The number of hydrogen-bond acceptors (Lipinski definition) is 7. The third-order valence-electron chi connectivity index (χ3n) is 4.44. The molecule has 1 aliphatic rings. The topological polar surface area (TPSA) is 89.7 Å². The van der Waals surface area contributed by atoms with Gasteiger partial charge in [-0.15, -0.1) is 10.2 Å². The van der Waals surface area contributed by atoms with Gasteiger partial charge < -0.3 is 13.4 Å². The monoisotopic (exact) mass is 385 g/mol. The highest BCUT2D eigenvalue weighted by Gasteiger charge is 2.35. The van der Waals surface area contributed by atoms with Gasteiger partial charge >= 0.3 is 0 Å². The quantitative estimate of drug-likeness (QED) is 0.627. The van der Waals surface area contributed by atoms with Crippen LogP contribution in [0, 0.1) is 13.8 Å². The van der Waals surface area contributed by atoms with E-state index in [0.717, 1.165) is 17.3 Å². The summed E-state index contributed by atoms with van der Waals surface area (Å²) in [6.07, 6.45) is 2.14. The van der Waals surface area contributed by atoms with Crippen LogP contribution in [-0.4, -0.2) is 37.1 Å². The van der Waals surface area contributed by atoms with Gasteiger partial charge in [0.1, 0.15) is 34.9 Å². The number of thioether (sulfide) groups is 1. The van der Waals surface area contributed by atoms with Crippen LogP contribution in [0.25, 0.3) is 0 Å². The van der Waals surface area contributed by atoms with Crippen molar-refractivity contribution in [2.24, 2.45) is 12.1 Å². The van der Waals surface area contributed by atoms with Crippen molar-refractivity contribution in [3.8, 4) is 0 Å². The van der Waals surface area contributed by atoms with E-state index >= 15 is 0 Å². The SMILES string of the molecule is Cc1ccc(C2=NN(C(=O)CSc3nnc(C)n3C)[C@H](c3ccco3)C2)o1. The summed E-state index contributed by atoms with van der Waals surface area (Å²) in [5, 5.41) is 14.8. The molecule has 4 heterocycles. The largest absolute Gasteiger partial charge is 0.467 e. The fourth-order valence-electron chi connectivity index (χ4n) is 2.89. The average Bonchev–Trinajstić information content (AvgIpc) is 3.42. The molecule has 0 aromatic carbocycles. The van der Waals surface area contributed by atoms with Gasteiger partial charge in [-0.25, -0.2) is 5.01 Å². The summed E-state index contributed by atoms with van der Waals surface area (Å²) >= 11 is 1.34. The van der Waals surface area contributed by atoms with Crippen LogP contribution in [0.4, 0.5) is 0 Å². The summed E-state index contributed by atoms with van der Waals surface area (Å²) in [5.41, 5.74) is 0.734. The molecule has 0 N–H and O–H groups in total. The first-order valence-electron chi connectivity index (χ1n) is 8.51. The molecule has 0 radical (unpaired) electrons. The second-order valence-electron chi connectivity index (χ2n) is 6.31. The highest BCUT2D eigenvalue weighted by molar-refractivity contribution is 7.99. The first kappa shape index (κ1) is 17.6. The molecule has 0 saturated heterocycles. The molecule has 4 rings (SSSR count). The van der Waals surface area contributed by atoms with Gasteiger partial charge in [0.25, 0.3) is 5.91 Å². The molecule has 3 aromatic heterocycles. The number of amides is 1. The minimum Gasteiger partial charge on any atom is -0.467 e. The molecule has 0 saturated carbocycles. The van der Waals surface area contributed by atoms with Gasteiger partial charge in [0.2, 0.25) is 0 Å². The Morgan fingerprint density at radius 2 is 2.15 bits per heavy atom. The van der Waals surface area contributed by atoms with E-state index in [9.17, 15) is 4.79 Å². The van der Waals surface area contributed by atoms with E-state index in [1.807, 2.05) is 49.7 Å². The van der Waals surface area contributed by atoms with Gasteiger partial charge in [-0.05, 0) is 38.1 Å². The first-order chi connectivity index (χ1) is 13.0. The number of aromatic nitrogens is 3. The number of carbonyl (C=O) groups excluding carboxylic acids is 1. The molecule has 8 nitrogen and oxygen atoms in total. The summed E-state index contributed by atoms with van der Waals surface area (Å²) in [5.74, 6) is 3.06. The van der Waals surface area contributed by atoms with Crippen LogP contribution in [0.3, 0.4) is 0 Å². The Kier molecular flexibility index (Phi) is 4.61. The predicted octanol–water partition coefficient (Wildman–Crippen LogP) is 3.09. The zero-order valence-corrected chi connectivity index (χ0v) is 16.1. The smallest absolute Gasteiger partial charge is 0.253 e. The van der Waals surface area contributed by atoms with E-state index in [4.69, 9.17) is 8.83 Å². The summed E-state index contributed by atoms with van der Waals surface area (Å²) in [6, 6.07) is 7.14. The third-order valence-corrected chi connectivity index (χ3v) is 5.44. The van der Waals surface area contributed by atoms with Crippen LogP contribution in [0.1, 0.15) is 35.6 Å². The summed E-state index contributed by atoms with van der Waals surface area (Å²) < 4.78 is 13.1. The fraction of sp³-hybridized carbons (Fsp3) is 0.333. The second kappa shape index (κ2) is 7.07. The second-order valence-corrected chi connectivity index (χ2v) is 7.25. The van der Waals surface area contributed by atoms with Crippen LogP contribution in [-0.2, 0) is 11.8 Å². The average molecular weight is 385 g/mol. The Hall–Kier alpha value is -2.81. The molecule has 1 amide bonds. The normalized spacial score (nSPS) is 16.8. The van der Waals surface area contributed by atoms with Crippen LogP contribution >= 0.6 is 11.8 Å². The number of rotatable bonds is 5. The number of carbonyl (C=O) groups is 1. The molecule has 9 heteroatoms. The Morgan fingerprint density at radius 1 is 1.30 bits per heavy atom.